The smallest absolute Gasteiger partial charge is 0.349 e. The summed E-state index contributed by atoms with van der Waals surface area (Å²) in [5.74, 6) is 0.613. The first-order valence-electron chi connectivity index (χ1n) is 6.49. The monoisotopic (exact) mass is 261 g/mol. The number of aliphatic imine (C=N–C) groups is 1. The number of ether oxygens (including phenoxy) is 2. The Morgan fingerprint density at radius 3 is 2.63 bits per heavy atom. The van der Waals surface area contributed by atoms with E-state index in [0.717, 1.165) is 12.0 Å². The van der Waals surface area contributed by atoms with E-state index < -0.39 is 6.10 Å². The van der Waals surface area contributed by atoms with Crippen molar-refractivity contribution in [2.75, 3.05) is 7.11 Å². The van der Waals surface area contributed by atoms with Crippen molar-refractivity contribution in [3.05, 3.63) is 35.9 Å². The van der Waals surface area contributed by atoms with E-state index in [4.69, 9.17) is 9.47 Å². The second-order valence-electron chi connectivity index (χ2n) is 5.06. The summed E-state index contributed by atoms with van der Waals surface area (Å²) in [5, 5.41) is 0. The molecule has 4 heteroatoms. The highest BCUT2D eigenvalue weighted by Gasteiger charge is 2.38. The number of esters is 1. The van der Waals surface area contributed by atoms with Crippen LogP contribution in [0.1, 0.15) is 25.8 Å². The van der Waals surface area contributed by atoms with Crippen LogP contribution in [-0.2, 0) is 14.3 Å². The van der Waals surface area contributed by atoms with Gasteiger partial charge in [0.15, 0.2) is 0 Å². The van der Waals surface area contributed by atoms with E-state index in [1.165, 1.54) is 7.11 Å². The fourth-order valence-corrected chi connectivity index (χ4v) is 2.15. The van der Waals surface area contributed by atoms with Crippen molar-refractivity contribution >= 4 is 11.9 Å². The maximum absolute atomic E-state index is 11.8. The van der Waals surface area contributed by atoms with Gasteiger partial charge in [-0.3, -0.25) is 0 Å². The molecule has 0 spiro atoms. The van der Waals surface area contributed by atoms with Gasteiger partial charge >= 0.3 is 5.97 Å². The van der Waals surface area contributed by atoms with E-state index >= 15 is 0 Å². The second kappa shape index (κ2) is 5.87. The minimum Gasteiger partial charge on any atom is -0.466 e. The molecule has 1 unspecified atom stereocenters. The van der Waals surface area contributed by atoms with Crippen molar-refractivity contribution in [1.29, 1.82) is 0 Å². The van der Waals surface area contributed by atoms with E-state index in [1.807, 2.05) is 30.3 Å². The van der Waals surface area contributed by atoms with Crippen molar-refractivity contribution in [3.8, 4) is 0 Å². The molecular formula is C15H19NO3. The molecule has 0 aromatic heterocycles. The molecule has 1 aromatic rings. The molecule has 0 aliphatic carbocycles. The van der Waals surface area contributed by atoms with Crippen LogP contribution in [0.15, 0.2) is 35.3 Å². The van der Waals surface area contributed by atoms with Crippen LogP contribution in [0.2, 0.25) is 0 Å². The number of nitrogens with zero attached hydrogens (tertiary/aromatic N) is 1. The van der Waals surface area contributed by atoms with Gasteiger partial charge in [0.05, 0.1) is 7.11 Å². The molecule has 2 rings (SSSR count). The quantitative estimate of drug-likeness (QED) is 0.782. The maximum atomic E-state index is 11.8. The number of rotatable bonds is 4. The number of methoxy groups -OCH3 is 1. The zero-order chi connectivity index (χ0) is 13.8. The van der Waals surface area contributed by atoms with Crippen LogP contribution >= 0.6 is 0 Å². The van der Waals surface area contributed by atoms with Crippen LogP contribution in [-0.4, -0.2) is 31.1 Å². The van der Waals surface area contributed by atoms with Crippen LogP contribution in [0, 0.1) is 5.92 Å². The Balaban J connectivity index is 2.21. The number of carbonyl (C=O) groups is 1. The molecule has 1 aromatic carbocycles. The van der Waals surface area contributed by atoms with Gasteiger partial charge < -0.3 is 9.47 Å². The molecule has 1 aliphatic heterocycles. The van der Waals surface area contributed by atoms with Gasteiger partial charge in [-0.1, -0.05) is 32.0 Å². The molecule has 2 atom stereocenters. The zero-order valence-electron chi connectivity index (χ0n) is 11.5. The largest absolute Gasteiger partial charge is 0.466 e. The summed E-state index contributed by atoms with van der Waals surface area (Å²) in [6, 6.07) is 9.45. The van der Waals surface area contributed by atoms with Gasteiger partial charge in [0.25, 0.3) is 0 Å². The fourth-order valence-electron chi connectivity index (χ4n) is 2.15. The highest BCUT2D eigenvalue weighted by Crippen LogP contribution is 2.24. The zero-order valence-corrected chi connectivity index (χ0v) is 11.5. The lowest BCUT2D eigenvalue weighted by Crippen LogP contribution is -2.33. The Labute approximate surface area is 113 Å². The van der Waals surface area contributed by atoms with Gasteiger partial charge in [-0.25, -0.2) is 9.79 Å². The number of hydrogen-bond donors (Lipinski definition) is 0. The summed E-state index contributed by atoms with van der Waals surface area (Å²) in [7, 11) is 1.37. The van der Waals surface area contributed by atoms with E-state index in [2.05, 4.69) is 18.8 Å². The summed E-state index contributed by atoms with van der Waals surface area (Å²) in [4.78, 5) is 16.3. The van der Waals surface area contributed by atoms with Gasteiger partial charge in [0.2, 0.25) is 12.0 Å². The van der Waals surface area contributed by atoms with Gasteiger partial charge in [-0.15, -0.1) is 0 Å². The third kappa shape index (κ3) is 3.13. The van der Waals surface area contributed by atoms with Crippen molar-refractivity contribution < 1.29 is 14.3 Å². The van der Waals surface area contributed by atoms with Crippen molar-refractivity contribution in [3.63, 3.8) is 0 Å². The lowest BCUT2D eigenvalue weighted by Gasteiger charge is -2.16. The molecule has 0 radical (unpaired) electrons. The number of carbonyl (C=O) groups excluding carboxylic acids is 1. The highest BCUT2D eigenvalue weighted by atomic mass is 16.6. The predicted octanol–water partition coefficient (Wildman–Crippen LogP) is 2.42. The average molecular weight is 261 g/mol. The standard InChI is InChI=1S/C15H19NO3/c1-10(2)9-12-13(15(17)18-3)19-14(16-12)11-7-5-4-6-8-11/h4-8,10,12-13H,9H2,1-3H3/t12-,13?/m0/s1. The summed E-state index contributed by atoms with van der Waals surface area (Å²) >= 11 is 0. The molecule has 1 heterocycles. The molecule has 0 amide bonds. The Hall–Kier alpha value is -1.84. The highest BCUT2D eigenvalue weighted by molar-refractivity contribution is 5.97. The summed E-state index contributed by atoms with van der Waals surface area (Å²) < 4.78 is 10.5. The maximum Gasteiger partial charge on any atom is 0.349 e. The van der Waals surface area contributed by atoms with Crippen LogP contribution in [0.5, 0.6) is 0 Å². The van der Waals surface area contributed by atoms with E-state index in [1.54, 1.807) is 0 Å². The SMILES string of the molecule is COC(=O)C1OC(c2ccccc2)=N[C@H]1CC(C)C. The molecule has 4 nitrogen and oxygen atoms in total. The first-order chi connectivity index (χ1) is 9.11. The van der Waals surface area contributed by atoms with Crippen LogP contribution in [0.3, 0.4) is 0 Å². The average Bonchev–Trinajstić information content (AvgIpc) is 2.82. The van der Waals surface area contributed by atoms with Gasteiger partial charge in [-0.2, -0.15) is 0 Å². The van der Waals surface area contributed by atoms with Crippen LogP contribution in [0.4, 0.5) is 0 Å². The summed E-state index contributed by atoms with van der Waals surface area (Å²) in [6.07, 6.45) is 0.179. The minimum absolute atomic E-state index is 0.164. The normalized spacial score (nSPS) is 22.0. The molecule has 0 N–H and O–H groups in total. The van der Waals surface area contributed by atoms with E-state index in [9.17, 15) is 4.79 Å². The molecule has 0 bridgehead atoms. The van der Waals surface area contributed by atoms with Crippen molar-refractivity contribution in [1.82, 2.24) is 0 Å². The third-order valence-electron chi connectivity index (χ3n) is 3.04. The third-order valence-corrected chi connectivity index (χ3v) is 3.04. The Kier molecular flexibility index (Phi) is 4.20. The predicted molar refractivity (Wildman–Crippen MR) is 73.1 cm³/mol. The first-order valence-corrected chi connectivity index (χ1v) is 6.49. The molecular weight excluding hydrogens is 242 g/mol. The number of hydrogen-bond acceptors (Lipinski definition) is 4. The topological polar surface area (TPSA) is 47.9 Å². The lowest BCUT2D eigenvalue weighted by atomic mass is 10.0. The van der Waals surface area contributed by atoms with Gasteiger partial charge in [0, 0.05) is 5.56 Å². The number of benzene rings is 1. The minimum atomic E-state index is -0.623. The lowest BCUT2D eigenvalue weighted by molar-refractivity contribution is -0.149. The fraction of sp³-hybridized carbons (Fsp3) is 0.467. The molecule has 102 valence electrons. The van der Waals surface area contributed by atoms with E-state index in [-0.39, 0.29) is 12.0 Å². The molecule has 1 aliphatic rings. The second-order valence-corrected chi connectivity index (χ2v) is 5.06. The molecule has 0 saturated heterocycles. The molecule has 0 saturated carbocycles. The Bertz CT molecular complexity index is 468. The van der Waals surface area contributed by atoms with Gasteiger partial charge in [-0.05, 0) is 24.5 Å². The first kappa shape index (κ1) is 13.6. The van der Waals surface area contributed by atoms with Gasteiger partial charge in [0.1, 0.15) is 6.04 Å². The summed E-state index contributed by atoms with van der Waals surface area (Å²) in [5.41, 5.74) is 0.891. The molecule has 19 heavy (non-hydrogen) atoms. The Morgan fingerprint density at radius 1 is 1.37 bits per heavy atom. The summed E-state index contributed by atoms with van der Waals surface area (Å²) in [6.45, 7) is 4.20. The Morgan fingerprint density at radius 2 is 2.05 bits per heavy atom. The van der Waals surface area contributed by atoms with Crippen LogP contribution < -0.4 is 0 Å². The van der Waals surface area contributed by atoms with Crippen molar-refractivity contribution in [2.45, 2.75) is 32.4 Å². The van der Waals surface area contributed by atoms with E-state index in [0.29, 0.717) is 11.8 Å². The van der Waals surface area contributed by atoms with Crippen molar-refractivity contribution in [2.24, 2.45) is 10.9 Å². The van der Waals surface area contributed by atoms with Crippen LogP contribution in [0.25, 0.3) is 0 Å². The molecule has 0 fully saturated rings.